The van der Waals surface area contributed by atoms with Crippen molar-refractivity contribution >= 4 is 27.5 Å². The van der Waals surface area contributed by atoms with Crippen LogP contribution in [0.4, 0.5) is 4.39 Å². The minimum atomic E-state index is -3.72. The van der Waals surface area contributed by atoms with E-state index in [9.17, 15) is 27.5 Å². The topological polar surface area (TPSA) is 111 Å². The molecular formula is C26H30FN3O6S. The third kappa shape index (κ3) is 5.45. The molecule has 1 unspecified atom stereocenters. The number of carbonyl (C=O) groups excluding carboxylic acids is 2. The fourth-order valence-electron chi connectivity index (χ4n) is 4.68. The highest BCUT2D eigenvalue weighted by Gasteiger charge is 2.45. The third-order valence-electron chi connectivity index (χ3n) is 6.75. The van der Waals surface area contributed by atoms with Crippen LogP contribution in [0.3, 0.4) is 0 Å². The molecular weight excluding hydrogens is 501 g/mol. The van der Waals surface area contributed by atoms with Crippen molar-refractivity contribution < 1.29 is 37.1 Å². The number of carbonyl (C=O) groups is 2. The number of halogens is 1. The van der Waals surface area contributed by atoms with Crippen molar-refractivity contribution in [3.63, 3.8) is 0 Å². The van der Waals surface area contributed by atoms with Crippen molar-refractivity contribution in [2.24, 2.45) is 0 Å². The largest absolute Gasteiger partial charge is 0.872 e. The Balaban J connectivity index is 1.69. The number of sulfonamides is 1. The monoisotopic (exact) mass is 531 g/mol. The van der Waals surface area contributed by atoms with Crippen molar-refractivity contribution in [2.45, 2.75) is 17.4 Å². The molecule has 0 saturated carbocycles. The number of ether oxygens (including phenoxy) is 1. The van der Waals surface area contributed by atoms with Crippen LogP contribution in [-0.4, -0.2) is 82.8 Å². The van der Waals surface area contributed by atoms with E-state index in [1.165, 1.54) is 66.4 Å². The highest BCUT2D eigenvalue weighted by Crippen LogP contribution is 2.39. The average molecular weight is 532 g/mol. The maximum Gasteiger partial charge on any atom is 0.295 e. The van der Waals surface area contributed by atoms with Crippen molar-refractivity contribution in [1.29, 1.82) is 0 Å². The van der Waals surface area contributed by atoms with Crippen molar-refractivity contribution in [1.82, 2.24) is 9.21 Å². The van der Waals surface area contributed by atoms with Gasteiger partial charge in [0.2, 0.25) is 15.8 Å². The van der Waals surface area contributed by atoms with E-state index < -0.39 is 39.3 Å². The summed E-state index contributed by atoms with van der Waals surface area (Å²) in [5.74, 6) is -3.18. The molecule has 1 amide bonds. The van der Waals surface area contributed by atoms with Gasteiger partial charge in [-0.1, -0.05) is 36.1 Å². The Morgan fingerprint density at radius 2 is 1.76 bits per heavy atom. The van der Waals surface area contributed by atoms with Crippen LogP contribution in [0, 0.1) is 5.82 Å². The number of Topliss-reactive ketones (excluding diaryl/α,β-unsaturated/α-hetero) is 1. The number of nitrogens with one attached hydrogen (secondary N) is 1. The van der Waals surface area contributed by atoms with E-state index >= 15 is 0 Å². The molecule has 1 N–H and O–H groups in total. The van der Waals surface area contributed by atoms with Gasteiger partial charge in [0.15, 0.2) is 0 Å². The number of morpholine rings is 1. The van der Waals surface area contributed by atoms with Crippen molar-refractivity contribution in [2.75, 3.05) is 53.5 Å². The first-order chi connectivity index (χ1) is 17.6. The minimum absolute atomic E-state index is 0.0224. The predicted octanol–water partition coefficient (Wildman–Crippen LogP) is -0.395. The first kappa shape index (κ1) is 26.9. The van der Waals surface area contributed by atoms with Gasteiger partial charge in [-0.2, -0.15) is 0 Å². The van der Waals surface area contributed by atoms with Gasteiger partial charge in [0.25, 0.3) is 5.91 Å². The van der Waals surface area contributed by atoms with Gasteiger partial charge in [-0.15, -0.1) is 0 Å². The lowest BCUT2D eigenvalue weighted by Crippen LogP contribution is -3.14. The average Bonchev–Trinajstić information content (AvgIpc) is 3.14. The normalized spacial score (nSPS) is 20.6. The Hall–Kier alpha value is -3.12. The molecule has 0 spiro atoms. The standard InChI is InChI=1S/C26H30FN3O6S/c1-28(2)37(34,35)19-10-8-18(9-11-19)24(31)22-23(20-6-3-4-7-21(20)27)30(26(33)25(22)32)13-5-12-29-14-16-36-17-15-29/h3-4,6-11,23,31H,5,12-17H2,1-2H3/b24-22+. The van der Waals surface area contributed by atoms with Crippen LogP contribution in [0.1, 0.15) is 23.6 Å². The SMILES string of the molecule is CN(C)S(=O)(=O)c1ccc(/C([O-])=C2\C(=O)C(=O)N(CCC[NH+]3CCOCC3)C2c2ccccc2F)cc1. The first-order valence-corrected chi connectivity index (χ1v) is 13.5. The lowest BCUT2D eigenvalue weighted by Gasteiger charge is -2.29. The maximum absolute atomic E-state index is 14.9. The minimum Gasteiger partial charge on any atom is -0.872 e. The molecule has 37 heavy (non-hydrogen) atoms. The van der Waals surface area contributed by atoms with Gasteiger partial charge >= 0.3 is 0 Å². The molecule has 11 heteroatoms. The van der Waals surface area contributed by atoms with Gasteiger partial charge in [0.1, 0.15) is 18.9 Å². The lowest BCUT2D eigenvalue weighted by molar-refractivity contribution is -0.908. The highest BCUT2D eigenvalue weighted by atomic mass is 32.2. The number of nitrogens with zero attached hydrogens (tertiary/aromatic N) is 2. The summed E-state index contributed by atoms with van der Waals surface area (Å²) in [7, 11) is -0.939. The van der Waals surface area contributed by atoms with E-state index in [1.54, 1.807) is 6.07 Å². The number of rotatable bonds is 8. The molecule has 2 aliphatic rings. The van der Waals surface area contributed by atoms with Crippen molar-refractivity contribution in [3.8, 4) is 0 Å². The molecule has 1 atom stereocenters. The second-order valence-electron chi connectivity index (χ2n) is 9.27. The number of amides is 1. The van der Waals surface area contributed by atoms with Crippen LogP contribution in [-0.2, 0) is 24.3 Å². The Kier molecular flexibility index (Phi) is 8.08. The summed E-state index contributed by atoms with van der Waals surface area (Å²) in [6.45, 7) is 3.95. The first-order valence-electron chi connectivity index (χ1n) is 12.1. The Bertz CT molecular complexity index is 1300. The van der Waals surface area contributed by atoms with Crippen molar-refractivity contribution in [3.05, 3.63) is 71.0 Å². The third-order valence-corrected chi connectivity index (χ3v) is 8.58. The molecule has 0 radical (unpaired) electrons. The van der Waals surface area contributed by atoms with E-state index in [1.807, 2.05) is 0 Å². The number of benzene rings is 2. The number of hydrogen-bond acceptors (Lipinski definition) is 6. The summed E-state index contributed by atoms with van der Waals surface area (Å²) < 4.78 is 46.1. The summed E-state index contributed by atoms with van der Waals surface area (Å²) in [6.07, 6.45) is 0.567. The lowest BCUT2D eigenvalue weighted by atomic mass is 9.95. The van der Waals surface area contributed by atoms with E-state index in [2.05, 4.69) is 0 Å². The Labute approximate surface area is 215 Å². The van der Waals surface area contributed by atoms with Gasteiger partial charge in [0, 0.05) is 38.2 Å². The second kappa shape index (κ2) is 11.1. The van der Waals surface area contributed by atoms with Gasteiger partial charge in [0.05, 0.1) is 30.7 Å². The molecule has 2 heterocycles. The van der Waals surface area contributed by atoms with E-state index in [0.717, 1.165) is 23.9 Å². The summed E-state index contributed by atoms with van der Waals surface area (Å²) in [6, 6.07) is 9.74. The highest BCUT2D eigenvalue weighted by molar-refractivity contribution is 7.89. The van der Waals surface area contributed by atoms with Crippen LogP contribution >= 0.6 is 0 Å². The molecule has 9 nitrogen and oxygen atoms in total. The number of likely N-dealkylation sites (tertiary alicyclic amines) is 1. The van der Waals surface area contributed by atoms with Crippen LogP contribution < -0.4 is 10.0 Å². The molecule has 2 saturated heterocycles. The van der Waals surface area contributed by atoms with E-state index in [-0.39, 0.29) is 28.1 Å². The van der Waals surface area contributed by atoms with Crippen LogP contribution in [0.25, 0.3) is 5.76 Å². The Morgan fingerprint density at radius 3 is 2.38 bits per heavy atom. The number of ketones is 1. The molecule has 2 aromatic rings. The molecule has 2 aromatic carbocycles. The molecule has 0 aliphatic carbocycles. The number of hydrogen-bond donors (Lipinski definition) is 1. The predicted molar refractivity (Wildman–Crippen MR) is 131 cm³/mol. The van der Waals surface area contributed by atoms with E-state index in [4.69, 9.17) is 4.74 Å². The molecule has 0 aromatic heterocycles. The molecule has 0 bridgehead atoms. The Morgan fingerprint density at radius 1 is 1.11 bits per heavy atom. The maximum atomic E-state index is 14.9. The fourth-order valence-corrected chi connectivity index (χ4v) is 5.58. The molecule has 2 aliphatic heterocycles. The van der Waals surface area contributed by atoms with Crippen LogP contribution in [0.5, 0.6) is 0 Å². The molecule has 2 fully saturated rings. The van der Waals surface area contributed by atoms with Gasteiger partial charge in [-0.25, -0.2) is 17.1 Å². The second-order valence-corrected chi connectivity index (χ2v) is 11.4. The molecule has 198 valence electrons. The van der Waals surface area contributed by atoms with Gasteiger partial charge in [-0.05, 0) is 23.8 Å². The summed E-state index contributed by atoms with van der Waals surface area (Å²) in [4.78, 5) is 28.7. The smallest absolute Gasteiger partial charge is 0.295 e. The quantitative estimate of drug-likeness (QED) is 0.282. The van der Waals surface area contributed by atoms with Gasteiger partial charge < -0.3 is 19.6 Å². The summed E-state index contributed by atoms with van der Waals surface area (Å²) >= 11 is 0. The summed E-state index contributed by atoms with van der Waals surface area (Å²) in [5, 5.41) is 13.5. The molecule has 4 rings (SSSR count). The zero-order valence-electron chi connectivity index (χ0n) is 20.8. The van der Waals surface area contributed by atoms with E-state index in [0.29, 0.717) is 19.6 Å². The summed E-state index contributed by atoms with van der Waals surface area (Å²) in [5.41, 5.74) is -0.234. The zero-order chi connectivity index (χ0) is 26.7. The van der Waals surface area contributed by atoms with Crippen LogP contribution in [0.15, 0.2) is 59.0 Å². The fraction of sp³-hybridized carbons (Fsp3) is 0.385. The zero-order valence-corrected chi connectivity index (χ0v) is 21.6. The van der Waals surface area contributed by atoms with Crippen LogP contribution in [0.2, 0.25) is 0 Å². The number of quaternary nitrogens is 1. The van der Waals surface area contributed by atoms with Gasteiger partial charge in [-0.3, -0.25) is 9.59 Å².